The topological polar surface area (TPSA) is 0 Å². The van der Waals surface area contributed by atoms with E-state index >= 15 is 0 Å². The summed E-state index contributed by atoms with van der Waals surface area (Å²) in [5.74, 6) is 4.26. The van der Waals surface area contributed by atoms with Gasteiger partial charge in [0.05, 0.1) is 0 Å². The standard InChI is InChI=1S/C18H32/c1-3-5-6-16-9-13-18(14-10-16)17-11-7-15(4-2)8-12-17/h3,15-18H,1,4-14H2,2H3. The molecule has 0 aromatic carbocycles. The largest absolute Gasteiger partial charge is 0.103 e. The van der Waals surface area contributed by atoms with E-state index in [-0.39, 0.29) is 0 Å². The van der Waals surface area contributed by atoms with Gasteiger partial charge in [0, 0.05) is 0 Å². The third-order valence-electron chi connectivity index (χ3n) is 5.81. The lowest BCUT2D eigenvalue weighted by atomic mass is 9.68. The van der Waals surface area contributed by atoms with Crippen molar-refractivity contribution in [2.24, 2.45) is 23.7 Å². The highest BCUT2D eigenvalue weighted by molar-refractivity contribution is 4.82. The van der Waals surface area contributed by atoms with Crippen LogP contribution in [0.25, 0.3) is 0 Å². The smallest absolute Gasteiger partial charge is 0.0351 e. The fourth-order valence-corrected chi connectivity index (χ4v) is 4.37. The van der Waals surface area contributed by atoms with Crippen LogP contribution in [-0.2, 0) is 0 Å². The lowest BCUT2D eigenvalue weighted by molar-refractivity contribution is 0.143. The van der Waals surface area contributed by atoms with Gasteiger partial charge in [0.1, 0.15) is 0 Å². The van der Waals surface area contributed by atoms with Gasteiger partial charge in [-0.1, -0.05) is 45.1 Å². The molecule has 0 bridgehead atoms. The fraction of sp³-hybridized carbons (Fsp3) is 0.889. The lowest BCUT2D eigenvalue weighted by Crippen LogP contribution is -2.25. The van der Waals surface area contributed by atoms with Crippen LogP contribution in [0.2, 0.25) is 0 Å². The summed E-state index contributed by atoms with van der Waals surface area (Å²) in [5.41, 5.74) is 0. The van der Waals surface area contributed by atoms with Gasteiger partial charge in [-0.05, 0) is 62.2 Å². The first-order chi connectivity index (χ1) is 8.83. The van der Waals surface area contributed by atoms with Crippen molar-refractivity contribution < 1.29 is 0 Å². The second-order valence-corrected chi connectivity index (χ2v) is 6.84. The Morgan fingerprint density at radius 1 is 0.833 bits per heavy atom. The normalized spacial score (nSPS) is 37.4. The molecule has 2 aliphatic carbocycles. The summed E-state index contributed by atoms with van der Waals surface area (Å²) in [7, 11) is 0. The van der Waals surface area contributed by atoms with E-state index in [2.05, 4.69) is 19.6 Å². The van der Waals surface area contributed by atoms with Crippen molar-refractivity contribution in [3.05, 3.63) is 12.7 Å². The number of hydrogen-bond donors (Lipinski definition) is 0. The van der Waals surface area contributed by atoms with Crippen LogP contribution in [-0.4, -0.2) is 0 Å². The maximum Gasteiger partial charge on any atom is -0.0351 e. The van der Waals surface area contributed by atoms with Crippen LogP contribution in [0.5, 0.6) is 0 Å². The Hall–Kier alpha value is -0.260. The number of allylic oxidation sites excluding steroid dienone is 1. The molecule has 104 valence electrons. The Labute approximate surface area is 114 Å². The van der Waals surface area contributed by atoms with Crippen LogP contribution >= 0.6 is 0 Å². The van der Waals surface area contributed by atoms with Crippen LogP contribution in [0.1, 0.15) is 77.6 Å². The van der Waals surface area contributed by atoms with Gasteiger partial charge >= 0.3 is 0 Å². The number of hydrogen-bond acceptors (Lipinski definition) is 0. The minimum atomic E-state index is 1.02. The van der Waals surface area contributed by atoms with Crippen molar-refractivity contribution in [1.29, 1.82) is 0 Å². The second-order valence-electron chi connectivity index (χ2n) is 6.84. The van der Waals surface area contributed by atoms with Crippen LogP contribution in [0.3, 0.4) is 0 Å². The summed E-state index contributed by atoms with van der Waals surface area (Å²) in [4.78, 5) is 0. The lowest BCUT2D eigenvalue weighted by Gasteiger charge is -2.37. The third-order valence-corrected chi connectivity index (χ3v) is 5.81. The van der Waals surface area contributed by atoms with Gasteiger partial charge in [-0.2, -0.15) is 0 Å². The Bertz CT molecular complexity index is 226. The Kier molecular flexibility index (Phi) is 5.79. The van der Waals surface area contributed by atoms with E-state index < -0.39 is 0 Å². The molecular weight excluding hydrogens is 216 g/mol. The monoisotopic (exact) mass is 248 g/mol. The van der Waals surface area contributed by atoms with Crippen molar-refractivity contribution >= 4 is 0 Å². The van der Waals surface area contributed by atoms with Gasteiger partial charge in [-0.25, -0.2) is 0 Å². The molecule has 2 rings (SSSR count). The molecule has 18 heavy (non-hydrogen) atoms. The summed E-state index contributed by atoms with van der Waals surface area (Å²) >= 11 is 0. The molecule has 2 fully saturated rings. The molecule has 0 nitrogen and oxygen atoms in total. The highest BCUT2D eigenvalue weighted by Gasteiger charge is 2.30. The summed E-state index contributed by atoms with van der Waals surface area (Å²) in [6.45, 7) is 6.22. The first-order valence-corrected chi connectivity index (χ1v) is 8.44. The van der Waals surface area contributed by atoms with E-state index in [4.69, 9.17) is 0 Å². The zero-order valence-corrected chi connectivity index (χ0v) is 12.4. The predicted molar refractivity (Wildman–Crippen MR) is 80.6 cm³/mol. The quantitative estimate of drug-likeness (QED) is 0.525. The highest BCUT2D eigenvalue weighted by Crippen LogP contribution is 2.42. The zero-order chi connectivity index (χ0) is 12.8. The molecule has 0 amide bonds. The minimum absolute atomic E-state index is 1.02. The molecule has 0 unspecified atom stereocenters. The van der Waals surface area contributed by atoms with E-state index in [1.165, 1.54) is 57.8 Å². The molecule has 0 aliphatic heterocycles. The molecule has 0 aromatic rings. The zero-order valence-electron chi connectivity index (χ0n) is 12.4. The molecular formula is C18H32. The Morgan fingerprint density at radius 3 is 1.78 bits per heavy atom. The third kappa shape index (κ3) is 3.87. The van der Waals surface area contributed by atoms with Gasteiger partial charge in [0.25, 0.3) is 0 Å². The fourth-order valence-electron chi connectivity index (χ4n) is 4.37. The van der Waals surface area contributed by atoms with Crippen molar-refractivity contribution in [1.82, 2.24) is 0 Å². The SMILES string of the molecule is C=CCCC1CCC(C2CCC(CC)CC2)CC1. The minimum Gasteiger partial charge on any atom is -0.103 e. The summed E-state index contributed by atoms with van der Waals surface area (Å²) in [6, 6.07) is 0. The molecule has 0 heterocycles. The van der Waals surface area contributed by atoms with Crippen LogP contribution in [0.4, 0.5) is 0 Å². The summed E-state index contributed by atoms with van der Waals surface area (Å²) in [5, 5.41) is 0. The van der Waals surface area contributed by atoms with E-state index in [1.54, 1.807) is 12.8 Å². The van der Waals surface area contributed by atoms with Crippen molar-refractivity contribution in [2.45, 2.75) is 77.6 Å². The van der Waals surface area contributed by atoms with Gasteiger partial charge in [-0.3, -0.25) is 0 Å². The van der Waals surface area contributed by atoms with E-state index in [9.17, 15) is 0 Å². The maximum atomic E-state index is 3.85. The predicted octanol–water partition coefficient (Wildman–Crippen LogP) is 5.98. The summed E-state index contributed by atoms with van der Waals surface area (Å²) < 4.78 is 0. The molecule has 0 atom stereocenters. The van der Waals surface area contributed by atoms with Crippen LogP contribution in [0, 0.1) is 23.7 Å². The average molecular weight is 248 g/mol. The molecule has 2 aliphatic rings. The molecule has 0 N–H and O–H groups in total. The molecule has 0 heteroatoms. The van der Waals surface area contributed by atoms with Crippen LogP contribution < -0.4 is 0 Å². The molecule has 0 aromatic heterocycles. The average Bonchev–Trinajstić information content (AvgIpc) is 2.46. The molecule has 0 saturated heterocycles. The first-order valence-electron chi connectivity index (χ1n) is 8.44. The van der Waals surface area contributed by atoms with E-state index in [0.717, 1.165) is 23.7 Å². The van der Waals surface area contributed by atoms with E-state index in [1.807, 2.05) is 0 Å². The van der Waals surface area contributed by atoms with E-state index in [0.29, 0.717) is 0 Å². The summed E-state index contributed by atoms with van der Waals surface area (Å²) in [6.07, 6.45) is 18.4. The van der Waals surface area contributed by atoms with Crippen molar-refractivity contribution in [2.75, 3.05) is 0 Å². The molecule has 2 saturated carbocycles. The van der Waals surface area contributed by atoms with Gasteiger partial charge in [-0.15, -0.1) is 6.58 Å². The highest BCUT2D eigenvalue weighted by atomic mass is 14.4. The molecule has 0 spiro atoms. The Morgan fingerprint density at radius 2 is 1.33 bits per heavy atom. The van der Waals surface area contributed by atoms with Crippen molar-refractivity contribution in [3.8, 4) is 0 Å². The first kappa shape index (κ1) is 14.2. The van der Waals surface area contributed by atoms with Crippen LogP contribution in [0.15, 0.2) is 12.7 Å². The maximum absolute atomic E-state index is 3.85. The van der Waals surface area contributed by atoms with Gasteiger partial charge < -0.3 is 0 Å². The Balaban J connectivity index is 1.68. The van der Waals surface area contributed by atoms with Crippen molar-refractivity contribution in [3.63, 3.8) is 0 Å². The molecule has 0 radical (unpaired) electrons. The number of rotatable bonds is 5. The van der Waals surface area contributed by atoms with Gasteiger partial charge in [0.2, 0.25) is 0 Å². The second kappa shape index (κ2) is 7.36. The van der Waals surface area contributed by atoms with Gasteiger partial charge in [0.15, 0.2) is 0 Å².